The first-order chi connectivity index (χ1) is 10.2. The molecule has 0 aliphatic carbocycles. The van der Waals surface area contributed by atoms with Crippen LogP contribution >= 0.6 is 11.6 Å². The van der Waals surface area contributed by atoms with Crippen molar-refractivity contribution in [1.29, 1.82) is 0 Å². The van der Waals surface area contributed by atoms with Crippen LogP contribution in [0.15, 0.2) is 48.5 Å². The Labute approximate surface area is 128 Å². The number of rotatable bonds is 6. The molecule has 110 valence electrons. The van der Waals surface area contributed by atoms with Crippen LogP contribution in [0.1, 0.15) is 5.56 Å². The van der Waals surface area contributed by atoms with Gasteiger partial charge in [-0.1, -0.05) is 41.9 Å². The largest absolute Gasteiger partial charge is 0.483 e. The number of nitrogens with two attached hydrogens (primary N) is 1. The number of nitrogens with one attached hydrogen (secondary N) is 1. The highest BCUT2D eigenvalue weighted by Crippen LogP contribution is 2.21. The fraction of sp³-hybridized carbons (Fsp3) is 0.188. The molecule has 2 aromatic carbocycles. The van der Waals surface area contributed by atoms with Crippen LogP contribution in [0.3, 0.4) is 0 Å². The number of hydrogen-bond acceptors (Lipinski definition) is 3. The smallest absolute Gasteiger partial charge is 0.262 e. The molecule has 3 N–H and O–H groups in total. The summed E-state index contributed by atoms with van der Waals surface area (Å²) in [5.41, 5.74) is 7.12. The second-order valence-corrected chi connectivity index (χ2v) is 4.87. The molecule has 0 saturated heterocycles. The van der Waals surface area contributed by atoms with E-state index in [0.29, 0.717) is 29.4 Å². The van der Waals surface area contributed by atoms with Gasteiger partial charge in [-0.3, -0.25) is 4.79 Å². The molecule has 4 nitrogen and oxygen atoms in total. The number of carbonyl (C=O) groups is 1. The van der Waals surface area contributed by atoms with Crippen LogP contribution in [0.2, 0.25) is 5.02 Å². The Kier molecular flexibility index (Phi) is 5.60. The molecule has 0 aromatic heterocycles. The van der Waals surface area contributed by atoms with Crippen LogP contribution in [-0.2, 0) is 11.2 Å². The van der Waals surface area contributed by atoms with Gasteiger partial charge in [-0.05, 0) is 36.7 Å². The van der Waals surface area contributed by atoms with Gasteiger partial charge in [-0.2, -0.15) is 0 Å². The van der Waals surface area contributed by atoms with Crippen LogP contribution in [0, 0.1) is 0 Å². The fourth-order valence-electron chi connectivity index (χ4n) is 1.90. The zero-order valence-corrected chi connectivity index (χ0v) is 12.3. The molecule has 1 amide bonds. The van der Waals surface area contributed by atoms with E-state index in [1.54, 1.807) is 24.3 Å². The monoisotopic (exact) mass is 304 g/mol. The highest BCUT2D eigenvalue weighted by Gasteiger charge is 2.08. The Morgan fingerprint density at radius 3 is 2.62 bits per heavy atom. The van der Waals surface area contributed by atoms with Crippen molar-refractivity contribution in [1.82, 2.24) is 0 Å². The van der Waals surface area contributed by atoms with Gasteiger partial charge in [-0.25, -0.2) is 0 Å². The van der Waals surface area contributed by atoms with Gasteiger partial charge < -0.3 is 15.8 Å². The van der Waals surface area contributed by atoms with E-state index in [4.69, 9.17) is 22.1 Å². The summed E-state index contributed by atoms with van der Waals surface area (Å²) in [6.07, 6.45) is 0.711. The molecule has 21 heavy (non-hydrogen) atoms. The maximum absolute atomic E-state index is 11.9. The van der Waals surface area contributed by atoms with Gasteiger partial charge in [0, 0.05) is 0 Å². The van der Waals surface area contributed by atoms with E-state index in [1.807, 2.05) is 24.3 Å². The number of para-hydroxylation sites is 2. The van der Waals surface area contributed by atoms with E-state index in [9.17, 15) is 4.79 Å². The SMILES string of the molecule is NCCc1ccccc1OCC(=O)Nc1ccccc1Cl. The zero-order chi connectivity index (χ0) is 15.1. The van der Waals surface area contributed by atoms with Crippen LogP contribution in [0.25, 0.3) is 0 Å². The molecule has 0 radical (unpaired) electrons. The highest BCUT2D eigenvalue weighted by atomic mass is 35.5. The summed E-state index contributed by atoms with van der Waals surface area (Å²) in [6, 6.07) is 14.6. The van der Waals surface area contributed by atoms with Crippen molar-refractivity contribution in [3.8, 4) is 5.75 Å². The van der Waals surface area contributed by atoms with Crippen molar-refractivity contribution in [3.05, 3.63) is 59.1 Å². The molecule has 0 aliphatic heterocycles. The molecule has 2 rings (SSSR count). The number of ether oxygens (including phenoxy) is 1. The number of anilines is 1. The van der Waals surface area contributed by atoms with Crippen LogP contribution in [0.4, 0.5) is 5.69 Å². The fourth-order valence-corrected chi connectivity index (χ4v) is 2.08. The van der Waals surface area contributed by atoms with Crippen LogP contribution in [-0.4, -0.2) is 19.1 Å². The van der Waals surface area contributed by atoms with Gasteiger partial charge in [0.2, 0.25) is 0 Å². The third-order valence-corrected chi connectivity index (χ3v) is 3.22. The molecule has 0 aliphatic rings. The molecule has 0 fully saturated rings. The minimum Gasteiger partial charge on any atom is -0.483 e. The first-order valence-corrected chi connectivity index (χ1v) is 7.03. The van der Waals surface area contributed by atoms with Gasteiger partial charge in [0.05, 0.1) is 10.7 Å². The Morgan fingerprint density at radius 2 is 1.86 bits per heavy atom. The van der Waals surface area contributed by atoms with E-state index in [1.165, 1.54) is 0 Å². The predicted molar refractivity (Wildman–Crippen MR) is 84.8 cm³/mol. The van der Waals surface area contributed by atoms with Gasteiger partial charge in [0.1, 0.15) is 5.75 Å². The Bertz CT molecular complexity index is 617. The molecular weight excluding hydrogens is 288 g/mol. The van der Waals surface area contributed by atoms with E-state index >= 15 is 0 Å². The standard InChI is InChI=1S/C16H17ClN2O2/c17-13-6-2-3-7-14(13)19-16(20)11-21-15-8-4-1-5-12(15)9-10-18/h1-8H,9-11,18H2,(H,19,20). The minimum absolute atomic E-state index is 0.0766. The molecule has 0 unspecified atom stereocenters. The van der Waals surface area contributed by atoms with Crippen molar-refractivity contribution >= 4 is 23.2 Å². The van der Waals surface area contributed by atoms with Crippen molar-refractivity contribution in [2.24, 2.45) is 5.73 Å². The lowest BCUT2D eigenvalue weighted by atomic mass is 10.1. The zero-order valence-electron chi connectivity index (χ0n) is 11.5. The maximum Gasteiger partial charge on any atom is 0.262 e. The van der Waals surface area contributed by atoms with Crippen molar-refractivity contribution < 1.29 is 9.53 Å². The van der Waals surface area contributed by atoms with Gasteiger partial charge in [-0.15, -0.1) is 0 Å². The molecule has 2 aromatic rings. The lowest BCUT2D eigenvalue weighted by Crippen LogP contribution is -2.20. The third kappa shape index (κ3) is 4.48. The van der Waals surface area contributed by atoms with E-state index in [2.05, 4.69) is 5.32 Å². The van der Waals surface area contributed by atoms with Crippen molar-refractivity contribution in [3.63, 3.8) is 0 Å². The highest BCUT2D eigenvalue weighted by molar-refractivity contribution is 6.33. The minimum atomic E-state index is -0.259. The number of hydrogen-bond donors (Lipinski definition) is 2. The molecule has 0 saturated carbocycles. The van der Waals surface area contributed by atoms with Gasteiger partial charge in [0.25, 0.3) is 5.91 Å². The predicted octanol–water partition coefficient (Wildman–Crippen LogP) is 2.86. The van der Waals surface area contributed by atoms with Gasteiger partial charge in [0.15, 0.2) is 6.61 Å². The average Bonchev–Trinajstić information content (AvgIpc) is 2.49. The molecule has 0 spiro atoms. The molecular formula is C16H17ClN2O2. The van der Waals surface area contributed by atoms with Crippen LogP contribution in [0.5, 0.6) is 5.75 Å². The molecule has 0 heterocycles. The summed E-state index contributed by atoms with van der Waals surface area (Å²) in [7, 11) is 0. The summed E-state index contributed by atoms with van der Waals surface area (Å²) in [4.78, 5) is 11.9. The average molecular weight is 305 g/mol. The second-order valence-electron chi connectivity index (χ2n) is 4.46. The van der Waals surface area contributed by atoms with Crippen molar-refractivity contribution in [2.75, 3.05) is 18.5 Å². The summed E-state index contributed by atoms with van der Waals surface area (Å²) in [6.45, 7) is 0.457. The lowest BCUT2D eigenvalue weighted by Gasteiger charge is -2.11. The number of halogens is 1. The lowest BCUT2D eigenvalue weighted by molar-refractivity contribution is -0.118. The van der Waals surface area contributed by atoms with Crippen molar-refractivity contribution in [2.45, 2.75) is 6.42 Å². The Morgan fingerprint density at radius 1 is 1.14 bits per heavy atom. The molecule has 0 atom stereocenters. The summed E-state index contributed by atoms with van der Waals surface area (Å²) >= 11 is 5.98. The quantitative estimate of drug-likeness (QED) is 0.862. The second kappa shape index (κ2) is 7.67. The molecule has 0 bridgehead atoms. The van der Waals surface area contributed by atoms with E-state index in [-0.39, 0.29) is 12.5 Å². The topological polar surface area (TPSA) is 64.3 Å². The molecule has 5 heteroatoms. The number of carbonyl (C=O) groups excluding carboxylic acids is 1. The Hall–Kier alpha value is -2.04. The van der Waals surface area contributed by atoms with Gasteiger partial charge >= 0.3 is 0 Å². The van der Waals surface area contributed by atoms with E-state index in [0.717, 1.165) is 5.56 Å². The maximum atomic E-state index is 11.9. The first-order valence-electron chi connectivity index (χ1n) is 6.66. The normalized spacial score (nSPS) is 10.2. The first kappa shape index (κ1) is 15.4. The number of amides is 1. The Balaban J connectivity index is 1.94. The summed E-state index contributed by atoms with van der Waals surface area (Å²) in [5, 5.41) is 3.21. The third-order valence-electron chi connectivity index (χ3n) is 2.89. The summed E-state index contributed by atoms with van der Waals surface area (Å²) in [5.74, 6) is 0.419. The van der Waals surface area contributed by atoms with E-state index < -0.39 is 0 Å². The number of benzene rings is 2. The van der Waals surface area contributed by atoms with Crippen LogP contribution < -0.4 is 15.8 Å². The summed E-state index contributed by atoms with van der Waals surface area (Å²) < 4.78 is 5.55.